The molecule has 1 amide bonds. The first-order valence-corrected chi connectivity index (χ1v) is 8.35. The second kappa shape index (κ2) is 10.5. The molecule has 0 spiro atoms. The first-order chi connectivity index (χ1) is 10.1. The summed E-state index contributed by atoms with van der Waals surface area (Å²) in [4.78, 5) is 16.0. The van der Waals surface area contributed by atoms with Crippen molar-refractivity contribution in [1.82, 2.24) is 16.0 Å². The molecule has 0 radical (unpaired) electrons. The Morgan fingerprint density at radius 1 is 1.19 bits per heavy atom. The number of hydrogen-bond acceptors (Lipinski definition) is 2. The van der Waals surface area contributed by atoms with E-state index in [1.165, 1.54) is 19.3 Å². The Kier molecular flexibility index (Phi) is 8.87. The van der Waals surface area contributed by atoms with Gasteiger partial charge in [0.2, 0.25) is 5.91 Å². The van der Waals surface area contributed by atoms with Gasteiger partial charge in [-0.1, -0.05) is 26.7 Å². The van der Waals surface area contributed by atoms with Gasteiger partial charge < -0.3 is 16.0 Å². The fourth-order valence-corrected chi connectivity index (χ4v) is 2.60. The van der Waals surface area contributed by atoms with Crippen molar-refractivity contribution in [3.8, 4) is 0 Å². The Morgan fingerprint density at radius 2 is 1.86 bits per heavy atom. The van der Waals surface area contributed by atoms with Crippen LogP contribution < -0.4 is 16.0 Å². The van der Waals surface area contributed by atoms with Crippen LogP contribution in [0.5, 0.6) is 0 Å². The van der Waals surface area contributed by atoms with Crippen molar-refractivity contribution in [1.29, 1.82) is 0 Å². The molecule has 0 aromatic rings. The van der Waals surface area contributed by atoms with Crippen molar-refractivity contribution >= 4 is 11.9 Å². The molecule has 5 nitrogen and oxygen atoms in total. The maximum atomic E-state index is 11.8. The molecule has 1 aliphatic carbocycles. The molecule has 1 fully saturated rings. The molecule has 5 heteroatoms. The SMILES string of the molecule is CN=C(NCCCC(C)C)NCCC(=O)NC1CCCC1. The van der Waals surface area contributed by atoms with Crippen molar-refractivity contribution < 1.29 is 4.79 Å². The lowest BCUT2D eigenvalue weighted by molar-refractivity contribution is -0.121. The Morgan fingerprint density at radius 3 is 2.48 bits per heavy atom. The highest BCUT2D eigenvalue weighted by Crippen LogP contribution is 2.17. The summed E-state index contributed by atoms with van der Waals surface area (Å²) in [5.41, 5.74) is 0. The highest BCUT2D eigenvalue weighted by Gasteiger charge is 2.16. The molecule has 1 aliphatic rings. The van der Waals surface area contributed by atoms with Crippen LogP contribution >= 0.6 is 0 Å². The topological polar surface area (TPSA) is 65.5 Å². The molecule has 3 N–H and O–H groups in total. The van der Waals surface area contributed by atoms with Crippen LogP contribution in [-0.4, -0.2) is 38.0 Å². The molecule has 1 rings (SSSR count). The molecule has 0 saturated heterocycles. The van der Waals surface area contributed by atoms with Crippen molar-refractivity contribution in [2.75, 3.05) is 20.1 Å². The summed E-state index contributed by atoms with van der Waals surface area (Å²) in [6.07, 6.45) is 7.63. The zero-order chi connectivity index (χ0) is 15.5. The fraction of sp³-hybridized carbons (Fsp3) is 0.875. The van der Waals surface area contributed by atoms with Gasteiger partial charge in [-0.25, -0.2) is 0 Å². The number of rotatable bonds is 8. The predicted molar refractivity (Wildman–Crippen MR) is 88.5 cm³/mol. The fourth-order valence-electron chi connectivity index (χ4n) is 2.60. The van der Waals surface area contributed by atoms with E-state index < -0.39 is 0 Å². The first kappa shape index (κ1) is 17.8. The summed E-state index contributed by atoms with van der Waals surface area (Å²) >= 11 is 0. The Bertz CT molecular complexity index is 322. The maximum absolute atomic E-state index is 11.8. The third-order valence-corrected chi connectivity index (χ3v) is 3.84. The van der Waals surface area contributed by atoms with Crippen LogP contribution in [0.4, 0.5) is 0 Å². The number of amides is 1. The number of guanidine groups is 1. The van der Waals surface area contributed by atoms with Crippen molar-refractivity contribution in [3.63, 3.8) is 0 Å². The van der Waals surface area contributed by atoms with E-state index in [4.69, 9.17) is 0 Å². The summed E-state index contributed by atoms with van der Waals surface area (Å²) in [5, 5.41) is 9.57. The van der Waals surface area contributed by atoms with Crippen LogP contribution in [0.1, 0.15) is 58.8 Å². The van der Waals surface area contributed by atoms with Gasteiger partial charge in [0.1, 0.15) is 0 Å². The number of nitrogens with zero attached hydrogens (tertiary/aromatic N) is 1. The smallest absolute Gasteiger partial charge is 0.221 e. The molecule has 0 aromatic heterocycles. The Hall–Kier alpha value is -1.26. The largest absolute Gasteiger partial charge is 0.356 e. The summed E-state index contributed by atoms with van der Waals surface area (Å²) < 4.78 is 0. The van der Waals surface area contributed by atoms with Gasteiger partial charge in [-0.15, -0.1) is 0 Å². The molecule has 0 unspecified atom stereocenters. The van der Waals surface area contributed by atoms with E-state index in [0.717, 1.165) is 37.7 Å². The number of hydrogen-bond donors (Lipinski definition) is 3. The Labute approximate surface area is 129 Å². The van der Waals surface area contributed by atoms with Gasteiger partial charge in [0.25, 0.3) is 0 Å². The van der Waals surface area contributed by atoms with E-state index in [1.807, 2.05) is 0 Å². The highest BCUT2D eigenvalue weighted by atomic mass is 16.1. The van der Waals surface area contributed by atoms with E-state index in [1.54, 1.807) is 7.05 Å². The monoisotopic (exact) mass is 296 g/mol. The van der Waals surface area contributed by atoms with E-state index in [2.05, 4.69) is 34.8 Å². The second-order valence-corrected chi connectivity index (χ2v) is 6.26. The van der Waals surface area contributed by atoms with Gasteiger partial charge in [0.15, 0.2) is 5.96 Å². The Balaban J connectivity index is 2.06. The van der Waals surface area contributed by atoms with Crippen LogP contribution in [-0.2, 0) is 4.79 Å². The summed E-state index contributed by atoms with van der Waals surface area (Å²) in [6, 6.07) is 0.408. The van der Waals surface area contributed by atoms with Crippen molar-refractivity contribution in [2.45, 2.75) is 64.8 Å². The minimum absolute atomic E-state index is 0.143. The van der Waals surface area contributed by atoms with Crippen LogP contribution in [0.3, 0.4) is 0 Å². The second-order valence-electron chi connectivity index (χ2n) is 6.26. The van der Waals surface area contributed by atoms with E-state index in [9.17, 15) is 4.79 Å². The first-order valence-electron chi connectivity index (χ1n) is 8.35. The van der Waals surface area contributed by atoms with Gasteiger partial charge in [-0.2, -0.15) is 0 Å². The number of carbonyl (C=O) groups is 1. The maximum Gasteiger partial charge on any atom is 0.221 e. The molecule has 0 aromatic carbocycles. The quantitative estimate of drug-likeness (QED) is 0.365. The zero-order valence-electron chi connectivity index (χ0n) is 13.9. The lowest BCUT2D eigenvalue weighted by Crippen LogP contribution is -2.40. The number of aliphatic imine (C=N–C) groups is 1. The minimum atomic E-state index is 0.143. The predicted octanol–water partition coefficient (Wildman–Crippen LogP) is 2.04. The van der Waals surface area contributed by atoms with E-state index in [-0.39, 0.29) is 5.91 Å². The van der Waals surface area contributed by atoms with Gasteiger partial charge >= 0.3 is 0 Å². The van der Waals surface area contributed by atoms with Gasteiger partial charge in [0.05, 0.1) is 0 Å². The summed E-state index contributed by atoms with van der Waals surface area (Å²) in [5.74, 6) is 1.66. The molecule has 122 valence electrons. The molecule has 21 heavy (non-hydrogen) atoms. The lowest BCUT2D eigenvalue weighted by atomic mass is 10.1. The lowest BCUT2D eigenvalue weighted by Gasteiger charge is -2.14. The van der Waals surface area contributed by atoms with Crippen LogP contribution in [0.25, 0.3) is 0 Å². The van der Waals surface area contributed by atoms with Crippen LogP contribution in [0.2, 0.25) is 0 Å². The minimum Gasteiger partial charge on any atom is -0.356 e. The van der Waals surface area contributed by atoms with Gasteiger partial charge in [0, 0.05) is 32.6 Å². The molecule has 0 atom stereocenters. The molecule has 0 heterocycles. The van der Waals surface area contributed by atoms with Crippen molar-refractivity contribution in [3.05, 3.63) is 0 Å². The number of carbonyl (C=O) groups excluding carboxylic acids is 1. The van der Waals surface area contributed by atoms with Gasteiger partial charge in [-0.05, 0) is 31.6 Å². The third kappa shape index (κ3) is 8.58. The van der Waals surface area contributed by atoms with E-state index >= 15 is 0 Å². The molecular formula is C16H32N4O. The highest BCUT2D eigenvalue weighted by molar-refractivity contribution is 5.81. The van der Waals surface area contributed by atoms with Crippen LogP contribution in [0, 0.1) is 5.92 Å². The summed E-state index contributed by atoms with van der Waals surface area (Å²) in [6.45, 7) is 6.01. The normalized spacial score (nSPS) is 16.3. The zero-order valence-corrected chi connectivity index (χ0v) is 13.9. The summed E-state index contributed by atoms with van der Waals surface area (Å²) in [7, 11) is 1.76. The standard InChI is InChI=1S/C16H32N4O/c1-13(2)7-6-11-18-16(17-3)19-12-10-15(21)20-14-8-4-5-9-14/h13-14H,4-12H2,1-3H3,(H,20,21)(H2,17,18,19). The average Bonchev–Trinajstić information content (AvgIpc) is 2.94. The molecule has 0 bridgehead atoms. The van der Waals surface area contributed by atoms with E-state index in [0.29, 0.717) is 19.0 Å². The molecular weight excluding hydrogens is 264 g/mol. The van der Waals surface area contributed by atoms with Crippen molar-refractivity contribution in [2.24, 2.45) is 10.9 Å². The molecule has 0 aliphatic heterocycles. The number of nitrogens with one attached hydrogen (secondary N) is 3. The van der Waals surface area contributed by atoms with Crippen LogP contribution in [0.15, 0.2) is 4.99 Å². The molecule has 1 saturated carbocycles. The average molecular weight is 296 g/mol. The third-order valence-electron chi connectivity index (χ3n) is 3.84. The van der Waals surface area contributed by atoms with Gasteiger partial charge in [-0.3, -0.25) is 9.79 Å².